The van der Waals surface area contributed by atoms with E-state index in [1.165, 1.54) is 19.3 Å². The molecule has 0 spiro atoms. The van der Waals surface area contributed by atoms with Crippen molar-refractivity contribution >= 4 is 0 Å². The fraction of sp³-hybridized carbons (Fsp3) is 0.556. The van der Waals surface area contributed by atoms with Crippen LogP contribution < -0.4 is 0 Å². The third kappa shape index (κ3) is 0.592. The van der Waals surface area contributed by atoms with Crippen molar-refractivity contribution in [2.24, 2.45) is 11.3 Å². The van der Waals surface area contributed by atoms with Crippen molar-refractivity contribution in [1.29, 1.82) is 0 Å². The lowest BCUT2D eigenvalue weighted by Gasteiger charge is -2.09. The molecule has 2 rings (SSSR count). The molecule has 0 nitrogen and oxygen atoms in total. The monoisotopic (exact) mass is 120 g/mol. The summed E-state index contributed by atoms with van der Waals surface area (Å²) in [6, 6.07) is 0. The van der Waals surface area contributed by atoms with Crippen molar-refractivity contribution in [3.8, 4) is 0 Å². The second-order valence-corrected chi connectivity index (χ2v) is 3.20. The minimum absolute atomic E-state index is 0.470. The molecule has 0 aromatic carbocycles. The summed E-state index contributed by atoms with van der Waals surface area (Å²) in [4.78, 5) is 0. The molecule has 0 heteroatoms. The van der Waals surface area contributed by atoms with E-state index in [9.17, 15) is 0 Å². The van der Waals surface area contributed by atoms with Crippen LogP contribution in [0.5, 0.6) is 0 Å². The first-order chi connectivity index (χ1) is 4.37. The highest BCUT2D eigenvalue weighted by Gasteiger charge is 2.49. The number of hydrogen-bond donors (Lipinski definition) is 0. The number of rotatable bonds is 1. The molecular formula is C9H12. The zero-order valence-corrected chi connectivity index (χ0v) is 5.64. The first kappa shape index (κ1) is 5.28. The fourth-order valence-electron chi connectivity index (χ4n) is 1.86. The third-order valence-electron chi connectivity index (χ3n) is 2.69. The van der Waals surface area contributed by atoms with Crippen molar-refractivity contribution < 1.29 is 0 Å². The first-order valence-electron chi connectivity index (χ1n) is 3.69. The maximum atomic E-state index is 3.85. The average molecular weight is 120 g/mol. The van der Waals surface area contributed by atoms with Crippen molar-refractivity contribution in [1.82, 2.24) is 0 Å². The van der Waals surface area contributed by atoms with Crippen molar-refractivity contribution in [3.05, 3.63) is 24.8 Å². The molecule has 1 saturated carbocycles. The van der Waals surface area contributed by atoms with Gasteiger partial charge in [0.05, 0.1) is 0 Å². The van der Waals surface area contributed by atoms with Gasteiger partial charge in [-0.15, -0.1) is 6.58 Å². The number of fused-ring (bicyclic) bond motifs is 1. The SMILES string of the molecule is C=CC12C=CCCC1C2. The Bertz CT molecular complexity index is 167. The molecule has 2 unspecified atom stereocenters. The van der Waals surface area contributed by atoms with Gasteiger partial charge in [-0.1, -0.05) is 18.2 Å². The predicted molar refractivity (Wildman–Crippen MR) is 39.1 cm³/mol. The van der Waals surface area contributed by atoms with Crippen LogP contribution in [0.1, 0.15) is 19.3 Å². The topological polar surface area (TPSA) is 0 Å². The Labute approximate surface area is 56.3 Å². The largest absolute Gasteiger partial charge is 0.102 e. The summed E-state index contributed by atoms with van der Waals surface area (Å²) in [6.07, 6.45) is 10.8. The van der Waals surface area contributed by atoms with Gasteiger partial charge < -0.3 is 0 Å². The summed E-state index contributed by atoms with van der Waals surface area (Å²) < 4.78 is 0. The summed E-state index contributed by atoms with van der Waals surface area (Å²) >= 11 is 0. The van der Waals surface area contributed by atoms with Gasteiger partial charge in [-0.05, 0) is 25.2 Å². The van der Waals surface area contributed by atoms with Crippen LogP contribution >= 0.6 is 0 Å². The molecular weight excluding hydrogens is 108 g/mol. The van der Waals surface area contributed by atoms with E-state index in [0.29, 0.717) is 5.41 Å². The van der Waals surface area contributed by atoms with E-state index in [1.54, 1.807) is 0 Å². The normalized spacial score (nSPS) is 46.0. The Kier molecular flexibility index (Phi) is 0.879. The van der Waals surface area contributed by atoms with Gasteiger partial charge in [-0.2, -0.15) is 0 Å². The lowest BCUT2D eigenvalue weighted by Crippen LogP contribution is -1.98. The molecule has 1 fully saturated rings. The van der Waals surface area contributed by atoms with Crippen LogP contribution in [0.2, 0.25) is 0 Å². The number of allylic oxidation sites excluding steroid dienone is 3. The Morgan fingerprint density at radius 3 is 3.11 bits per heavy atom. The second kappa shape index (κ2) is 1.50. The highest BCUT2D eigenvalue weighted by Crippen LogP contribution is 2.59. The van der Waals surface area contributed by atoms with E-state index < -0.39 is 0 Å². The van der Waals surface area contributed by atoms with E-state index in [1.807, 2.05) is 0 Å². The standard InChI is InChI=1S/C9H12/c1-2-9-6-4-3-5-8(9)7-9/h2,4,6,8H,1,3,5,7H2. The average Bonchev–Trinajstić information content (AvgIpc) is 2.62. The van der Waals surface area contributed by atoms with Gasteiger partial charge in [0, 0.05) is 5.41 Å². The highest BCUT2D eigenvalue weighted by atomic mass is 14.5. The molecule has 2 atom stereocenters. The maximum absolute atomic E-state index is 3.85. The predicted octanol–water partition coefficient (Wildman–Crippen LogP) is 2.53. The first-order valence-corrected chi connectivity index (χ1v) is 3.69. The van der Waals surface area contributed by atoms with Gasteiger partial charge in [0.15, 0.2) is 0 Å². The molecule has 0 aliphatic heterocycles. The molecule has 2 aliphatic carbocycles. The smallest absolute Gasteiger partial charge is 0.00902 e. The van der Waals surface area contributed by atoms with E-state index in [4.69, 9.17) is 0 Å². The summed E-state index contributed by atoms with van der Waals surface area (Å²) in [6.45, 7) is 3.85. The van der Waals surface area contributed by atoms with Crippen molar-refractivity contribution in [2.45, 2.75) is 19.3 Å². The second-order valence-electron chi connectivity index (χ2n) is 3.20. The fourth-order valence-corrected chi connectivity index (χ4v) is 1.86. The minimum Gasteiger partial charge on any atom is -0.102 e. The van der Waals surface area contributed by atoms with E-state index in [2.05, 4.69) is 24.8 Å². The van der Waals surface area contributed by atoms with E-state index in [0.717, 1.165) is 5.92 Å². The zero-order chi connectivity index (χ0) is 6.32. The van der Waals surface area contributed by atoms with Gasteiger partial charge >= 0.3 is 0 Å². The van der Waals surface area contributed by atoms with Gasteiger partial charge in [0.2, 0.25) is 0 Å². The molecule has 0 heterocycles. The van der Waals surface area contributed by atoms with Crippen LogP contribution in [0, 0.1) is 11.3 Å². The lowest BCUT2D eigenvalue weighted by molar-refractivity contribution is 0.611. The Hall–Kier alpha value is -0.520. The van der Waals surface area contributed by atoms with E-state index in [-0.39, 0.29) is 0 Å². The van der Waals surface area contributed by atoms with Crippen LogP contribution in [0.4, 0.5) is 0 Å². The Balaban J connectivity index is 2.25. The van der Waals surface area contributed by atoms with Gasteiger partial charge in [-0.25, -0.2) is 0 Å². The third-order valence-corrected chi connectivity index (χ3v) is 2.69. The van der Waals surface area contributed by atoms with Crippen LogP contribution in [-0.2, 0) is 0 Å². The Morgan fingerprint density at radius 2 is 2.56 bits per heavy atom. The molecule has 0 saturated heterocycles. The molecule has 0 radical (unpaired) electrons. The molecule has 0 aromatic rings. The minimum atomic E-state index is 0.470. The van der Waals surface area contributed by atoms with Crippen LogP contribution in [0.25, 0.3) is 0 Å². The molecule has 0 bridgehead atoms. The zero-order valence-electron chi connectivity index (χ0n) is 5.64. The quantitative estimate of drug-likeness (QED) is 0.466. The van der Waals surface area contributed by atoms with Gasteiger partial charge in [-0.3, -0.25) is 0 Å². The maximum Gasteiger partial charge on any atom is 0.00902 e. The summed E-state index contributed by atoms with van der Waals surface area (Å²) in [5, 5.41) is 0. The summed E-state index contributed by atoms with van der Waals surface area (Å²) in [7, 11) is 0. The van der Waals surface area contributed by atoms with Gasteiger partial charge in [0.25, 0.3) is 0 Å². The molecule has 9 heavy (non-hydrogen) atoms. The van der Waals surface area contributed by atoms with Crippen molar-refractivity contribution in [2.75, 3.05) is 0 Å². The molecule has 48 valence electrons. The number of hydrogen-bond acceptors (Lipinski definition) is 0. The summed E-state index contributed by atoms with van der Waals surface area (Å²) in [5.74, 6) is 0.958. The molecule has 0 amide bonds. The molecule has 0 aromatic heterocycles. The Morgan fingerprint density at radius 1 is 1.67 bits per heavy atom. The lowest BCUT2D eigenvalue weighted by atomic mass is 9.96. The van der Waals surface area contributed by atoms with Crippen molar-refractivity contribution in [3.63, 3.8) is 0 Å². The van der Waals surface area contributed by atoms with Crippen LogP contribution in [0.15, 0.2) is 24.8 Å². The highest BCUT2D eigenvalue weighted by molar-refractivity contribution is 5.25. The molecule has 0 N–H and O–H groups in total. The summed E-state index contributed by atoms with van der Waals surface area (Å²) in [5.41, 5.74) is 0.470. The van der Waals surface area contributed by atoms with E-state index >= 15 is 0 Å². The molecule has 2 aliphatic rings. The van der Waals surface area contributed by atoms with Crippen LogP contribution in [0.3, 0.4) is 0 Å². The van der Waals surface area contributed by atoms with Crippen LogP contribution in [-0.4, -0.2) is 0 Å². The van der Waals surface area contributed by atoms with Gasteiger partial charge in [0.1, 0.15) is 0 Å².